The summed E-state index contributed by atoms with van der Waals surface area (Å²) < 4.78 is 1.94. The van der Waals surface area contributed by atoms with Crippen molar-refractivity contribution in [2.24, 2.45) is 0 Å². The highest BCUT2D eigenvalue weighted by Gasteiger charge is 2.04. The van der Waals surface area contributed by atoms with Crippen molar-refractivity contribution in [3.63, 3.8) is 0 Å². The number of benzene rings is 2. The van der Waals surface area contributed by atoms with Gasteiger partial charge >= 0.3 is 0 Å². The number of anilines is 1. The van der Waals surface area contributed by atoms with Crippen molar-refractivity contribution in [3.8, 4) is 11.1 Å². The summed E-state index contributed by atoms with van der Waals surface area (Å²) in [5.74, 6) is 0. The molecule has 0 aliphatic carbocycles. The van der Waals surface area contributed by atoms with E-state index in [4.69, 9.17) is 0 Å². The SMILES string of the molecule is CCn1cc(CNc2ccccc2-c2ccccc2)cn1. The Balaban J connectivity index is 1.79. The second kappa shape index (κ2) is 6.27. The van der Waals surface area contributed by atoms with Crippen molar-refractivity contribution in [2.45, 2.75) is 20.0 Å². The summed E-state index contributed by atoms with van der Waals surface area (Å²) in [6, 6.07) is 18.8. The average molecular weight is 277 g/mol. The van der Waals surface area contributed by atoms with Crippen LogP contribution in [0.3, 0.4) is 0 Å². The Morgan fingerprint density at radius 1 is 1.00 bits per heavy atom. The molecular formula is C18H19N3. The van der Waals surface area contributed by atoms with Gasteiger partial charge in [0, 0.05) is 36.1 Å². The summed E-state index contributed by atoms with van der Waals surface area (Å²) in [6.45, 7) is 3.78. The quantitative estimate of drug-likeness (QED) is 0.758. The first-order chi connectivity index (χ1) is 10.4. The molecule has 3 heteroatoms. The Labute approximate surface area is 125 Å². The van der Waals surface area contributed by atoms with E-state index in [1.165, 1.54) is 16.7 Å². The summed E-state index contributed by atoms with van der Waals surface area (Å²) in [7, 11) is 0. The second-order valence-corrected chi connectivity index (χ2v) is 4.97. The Hall–Kier alpha value is -2.55. The topological polar surface area (TPSA) is 29.9 Å². The van der Waals surface area contributed by atoms with Crippen LogP contribution in [0.1, 0.15) is 12.5 Å². The number of nitrogens with one attached hydrogen (secondary N) is 1. The van der Waals surface area contributed by atoms with Crippen molar-refractivity contribution in [1.82, 2.24) is 9.78 Å². The van der Waals surface area contributed by atoms with Crippen LogP contribution in [0.5, 0.6) is 0 Å². The fourth-order valence-corrected chi connectivity index (χ4v) is 2.37. The van der Waals surface area contributed by atoms with E-state index in [0.29, 0.717) is 0 Å². The molecule has 0 saturated heterocycles. The summed E-state index contributed by atoms with van der Waals surface area (Å²) in [4.78, 5) is 0. The van der Waals surface area contributed by atoms with Gasteiger partial charge in [0.2, 0.25) is 0 Å². The molecule has 1 heterocycles. The third kappa shape index (κ3) is 3.14. The van der Waals surface area contributed by atoms with E-state index in [2.05, 4.69) is 72.1 Å². The zero-order valence-corrected chi connectivity index (χ0v) is 12.2. The summed E-state index contributed by atoms with van der Waals surface area (Å²) in [6.07, 6.45) is 4.00. The smallest absolute Gasteiger partial charge is 0.0539 e. The number of rotatable bonds is 5. The maximum atomic E-state index is 4.30. The van der Waals surface area contributed by atoms with Crippen LogP contribution in [0.4, 0.5) is 5.69 Å². The average Bonchev–Trinajstić information content (AvgIpc) is 3.02. The summed E-state index contributed by atoms with van der Waals surface area (Å²) in [5, 5.41) is 7.82. The van der Waals surface area contributed by atoms with E-state index in [9.17, 15) is 0 Å². The molecule has 0 fully saturated rings. The van der Waals surface area contributed by atoms with Gasteiger partial charge in [-0.25, -0.2) is 0 Å². The first-order valence-electron chi connectivity index (χ1n) is 7.26. The molecule has 0 bridgehead atoms. The molecule has 0 aliphatic heterocycles. The molecule has 1 aromatic heterocycles. The van der Waals surface area contributed by atoms with Crippen molar-refractivity contribution < 1.29 is 0 Å². The van der Waals surface area contributed by atoms with E-state index in [1.54, 1.807) is 0 Å². The molecule has 2 aromatic carbocycles. The van der Waals surface area contributed by atoms with Crippen LogP contribution in [0.25, 0.3) is 11.1 Å². The molecule has 0 saturated carbocycles. The van der Waals surface area contributed by atoms with E-state index in [0.717, 1.165) is 18.8 Å². The van der Waals surface area contributed by atoms with Gasteiger partial charge in [0.15, 0.2) is 0 Å². The van der Waals surface area contributed by atoms with E-state index in [1.807, 2.05) is 16.9 Å². The molecule has 3 rings (SSSR count). The highest BCUT2D eigenvalue weighted by molar-refractivity contribution is 5.77. The monoisotopic (exact) mass is 277 g/mol. The highest BCUT2D eigenvalue weighted by Crippen LogP contribution is 2.27. The van der Waals surface area contributed by atoms with Gasteiger partial charge in [-0.15, -0.1) is 0 Å². The lowest BCUT2D eigenvalue weighted by molar-refractivity contribution is 0.659. The van der Waals surface area contributed by atoms with Gasteiger partial charge in [-0.05, 0) is 18.6 Å². The van der Waals surface area contributed by atoms with Crippen LogP contribution in [-0.4, -0.2) is 9.78 Å². The van der Waals surface area contributed by atoms with Gasteiger partial charge < -0.3 is 5.32 Å². The molecule has 0 amide bonds. The molecule has 0 unspecified atom stereocenters. The van der Waals surface area contributed by atoms with E-state index < -0.39 is 0 Å². The Morgan fingerprint density at radius 2 is 1.76 bits per heavy atom. The van der Waals surface area contributed by atoms with Crippen molar-refractivity contribution in [1.29, 1.82) is 0 Å². The standard InChI is InChI=1S/C18H19N3/c1-2-21-14-15(13-20-21)12-19-18-11-7-6-10-17(18)16-8-4-3-5-9-16/h3-11,13-14,19H,2,12H2,1H3. The van der Waals surface area contributed by atoms with Gasteiger partial charge in [-0.3, -0.25) is 4.68 Å². The number of aryl methyl sites for hydroxylation is 1. The number of aromatic nitrogens is 2. The Kier molecular flexibility index (Phi) is 4.01. The lowest BCUT2D eigenvalue weighted by Gasteiger charge is -2.11. The van der Waals surface area contributed by atoms with Gasteiger partial charge in [0.1, 0.15) is 0 Å². The zero-order chi connectivity index (χ0) is 14.5. The van der Waals surface area contributed by atoms with Crippen LogP contribution in [0, 0.1) is 0 Å². The Morgan fingerprint density at radius 3 is 2.52 bits per heavy atom. The highest BCUT2D eigenvalue weighted by atomic mass is 15.3. The van der Waals surface area contributed by atoms with Crippen LogP contribution in [0.15, 0.2) is 67.0 Å². The van der Waals surface area contributed by atoms with Crippen LogP contribution >= 0.6 is 0 Å². The third-order valence-corrected chi connectivity index (χ3v) is 3.51. The maximum absolute atomic E-state index is 4.30. The predicted octanol–water partition coefficient (Wildman–Crippen LogP) is 4.18. The van der Waals surface area contributed by atoms with E-state index in [-0.39, 0.29) is 0 Å². The second-order valence-electron chi connectivity index (χ2n) is 4.97. The van der Waals surface area contributed by atoms with Crippen molar-refractivity contribution in [2.75, 3.05) is 5.32 Å². The van der Waals surface area contributed by atoms with E-state index >= 15 is 0 Å². The molecule has 0 radical (unpaired) electrons. The number of para-hydroxylation sites is 1. The van der Waals surface area contributed by atoms with Gasteiger partial charge in [0.05, 0.1) is 6.20 Å². The number of nitrogens with zero attached hydrogens (tertiary/aromatic N) is 2. The fourth-order valence-electron chi connectivity index (χ4n) is 2.37. The van der Waals surface area contributed by atoms with Gasteiger partial charge in [-0.2, -0.15) is 5.10 Å². The molecule has 0 spiro atoms. The zero-order valence-electron chi connectivity index (χ0n) is 12.2. The molecule has 21 heavy (non-hydrogen) atoms. The normalized spacial score (nSPS) is 10.5. The minimum atomic E-state index is 0.782. The third-order valence-electron chi connectivity index (χ3n) is 3.51. The van der Waals surface area contributed by atoms with Crippen LogP contribution < -0.4 is 5.32 Å². The Bertz CT molecular complexity index is 701. The lowest BCUT2D eigenvalue weighted by Crippen LogP contribution is -2.00. The molecule has 3 nitrogen and oxygen atoms in total. The summed E-state index contributed by atoms with van der Waals surface area (Å²) >= 11 is 0. The molecule has 106 valence electrons. The molecule has 1 N–H and O–H groups in total. The predicted molar refractivity (Wildman–Crippen MR) is 87.1 cm³/mol. The molecule has 0 atom stereocenters. The number of hydrogen-bond acceptors (Lipinski definition) is 2. The van der Waals surface area contributed by atoms with Gasteiger partial charge in [0.25, 0.3) is 0 Å². The fraction of sp³-hybridized carbons (Fsp3) is 0.167. The van der Waals surface area contributed by atoms with Crippen molar-refractivity contribution in [3.05, 3.63) is 72.6 Å². The molecule has 0 aliphatic rings. The molecular weight excluding hydrogens is 258 g/mol. The summed E-state index contributed by atoms with van der Waals surface area (Å²) in [5.41, 5.74) is 4.79. The van der Waals surface area contributed by atoms with Gasteiger partial charge in [-0.1, -0.05) is 48.5 Å². The first-order valence-corrected chi connectivity index (χ1v) is 7.26. The first kappa shape index (κ1) is 13.4. The molecule has 3 aromatic rings. The van der Waals surface area contributed by atoms with Crippen LogP contribution in [-0.2, 0) is 13.1 Å². The maximum Gasteiger partial charge on any atom is 0.0539 e. The van der Waals surface area contributed by atoms with Crippen molar-refractivity contribution >= 4 is 5.69 Å². The minimum Gasteiger partial charge on any atom is -0.380 e. The lowest BCUT2D eigenvalue weighted by atomic mass is 10.0. The minimum absolute atomic E-state index is 0.782. The number of hydrogen-bond donors (Lipinski definition) is 1. The largest absolute Gasteiger partial charge is 0.380 e. The van der Waals surface area contributed by atoms with Crippen LogP contribution in [0.2, 0.25) is 0 Å².